The highest BCUT2D eigenvalue weighted by molar-refractivity contribution is 7.25. The van der Waals surface area contributed by atoms with Gasteiger partial charge in [-0.15, -0.1) is 11.3 Å². The molecule has 6 nitrogen and oxygen atoms in total. The number of aryl methyl sites for hydroxylation is 2. The van der Waals surface area contributed by atoms with Gasteiger partial charge in [0.25, 0.3) is 0 Å². The van der Waals surface area contributed by atoms with Gasteiger partial charge < -0.3 is 18.9 Å². The van der Waals surface area contributed by atoms with Crippen molar-refractivity contribution in [2.45, 2.75) is 78.1 Å². The minimum Gasteiger partial charge on any atom is -0.494 e. The van der Waals surface area contributed by atoms with E-state index in [1.807, 2.05) is 12.1 Å². The molecule has 0 radical (unpaired) electrons. The molecule has 4 aromatic carbocycles. The van der Waals surface area contributed by atoms with Gasteiger partial charge in [-0.2, -0.15) is 0 Å². The third-order valence-corrected chi connectivity index (χ3v) is 10.6. The Bertz CT molecular complexity index is 2130. The summed E-state index contributed by atoms with van der Waals surface area (Å²) in [5.74, 6) is 14.6. The highest BCUT2D eigenvalue weighted by Gasteiger charge is 2.08. The fourth-order valence-corrected chi connectivity index (χ4v) is 7.50. The third-order valence-electron chi connectivity index (χ3n) is 9.51. The number of carbonyl (C=O) groups excluding carboxylic acids is 2. The van der Waals surface area contributed by atoms with Crippen LogP contribution >= 0.6 is 11.3 Å². The van der Waals surface area contributed by atoms with Gasteiger partial charge in [-0.3, -0.25) is 0 Å². The molecule has 5 rings (SSSR count). The Morgan fingerprint density at radius 3 is 1.37 bits per heavy atom. The molecule has 0 amide bonds. The molecule has 0 aliphatic rings. The molecule has 0 atom stereocenters. The second-order valence-corrected chi connectivity index (χ2v) is 14.7. The van der Waals surface area contributed by atoms with E-state index in [1.54, 1.807) is 11.3 Å². The Morgan fingerprint density at radius 1 is 0.544 bits per heavy atom. The maximum atomic E-state index is 11.1. The lowest BCUT2D eigenvalue weighted by atomic mass is 10.0. The van der Waals surface area contributed by atoms with Crippen molar-refractivity contribution in [2.24, 2.45) is 0 Å². The number of hydrogen-bond donors (Lipinski definition) is 0. The van der Waals surface area contributed by atoms with Crippen molar-refractivity contribution in [3.8, 4) is 35.2 Å². The van der Waals surface area contributed by atoms with Gasteiger partial charge in [0, 0.05) is 54.6 Å². The molecule has 0 saturated carbocycles. The average Bonchev–Trinajstić information content (AvgIpc) is 3.61. The van der Waals surface area contributed by atoms with Gasteiger partial charge in [0.05, 0.1) is 26.4 Å². The number of thiophene rings is 1. The zero-order valence-electron chi connectivity index (χ0n) is 33.3. The number of esters is 2. The van der Waals surface area contributed by atoms with Crippen molar-refractivity contribution in [2.75, 3.05) is 26.4 Å². The van der Waals surface area contributed by atoms with E-state index < -0.39 is 0 Å². The first-order chi connectivity index (χ1) is 27.9. The summed E-state index contributed by atoms with van der Waals surface area (Å²) >= 11 is 1.77. The molecule has 294 valence electrons. The quantitative estimate of drug-likeness (QED) is 0.0339. The van der Waals surface area contributed by atoms with Crippen molar-refractivity contribution in [1.29, 1.82) is 0 Å². The van der Waals surface area contributed by atoms with E-state index in [0.717, 1.165) is 98.0 Å². The van der Waals surface area contributed by atoms with Crippen LogP contribution in [0.5, 0.6) is 11.5 Å². The van der Waals surface area contributed by atoms with E-state index in [9.17, 15) is 9.59 Å². The third kappa shape index (κ3) is 13.2. The van der Waals surface area contributed by atoms with Crippen LogP contribution in [0.1, 0.15) is 98.6 Å². The van der Waals surface area contributed by atoms with Crippen molar-refractivity contribution in [1.82, 2.24) is 0 Å². The lowest BCUT2D eigenvalue weighted by molar-refractivity contribution is -0.138. The van der Waals surface area contributed by atoms with Crippen molar-refractivity contribution in [3.05, 3.63) is 131 Å². The first-order valence-corrected chi connectivity index (χ1v) is 20.8. The molecule has 0 saturated heterocycles. The van der Waals surface area contributed by atoms with Gasteiger partial charge >= 0.3 is 11.9 Å². The van der Waals surface area contributed by atoms with Gasteiger partial charge in [-0.1, -0.05) is 62.8 Å². The Balaban J connectivity index is 1.15. The van der Waals surface area contributed by atoms with E-state index in [1.165, 1.54) is 43.5 Å². The summed E-state index contributed by atoms with van der Waals surface area (Å²) in [7, 11) is 0. The van der Waals surface area contributed by atoms with E-state index in [4.69, 9.17) is 18.9 Å². The number of ether oxygens (including phenoxy) is 4. The van der Waals surface area contributed by atoms with Crippen LogP contribution in [0.2, 0.25) is 0 Å². The lowest BCUT2D eigenvalue weighted by Gasteiger charge is -2.09. The van der Waals surface area contributed by atoms with Crippen LogP contribution in [0.4, 0.5) is 0 Å². The zero-order valence-corrected chi connectivity index (χ0v) is 34.1. The number of hydrogen-bond acceptors (Lipinski definition) is 7. The Morgan fingerprint density at radius 2 is 0.965 bits per heavy atom. The summed E-state index contributed by atoms with van der Waals surface area (Å²) in [4.78, 5) is 22.2. The second kappa shape index (κ2) is 22.7. The molecular weight excluding hydrogens is 729 g/mol. The van der Waals surface area contributed by atoms with Gasteiger partial charge in [-0.25, -0.2) is 9.59 Å². The van der Waals surface area contributed by atoms with Crippen LogP contribution in [-0.4, -0.2) is 38.4 Å². The maximum Gasteiger partial charge on any atom is 0.330 e. The second-order valence-electron chi connectivity index (χ2n) is 13.6. The van der Waals surface area contributed by atoms with Crippen LogP contribution in [0, 0.1) is 23.7 Å². The van der Waals surface area contributed by atoms with E-state index in [0.29, 0.717) is 26.4 Å². The summed E-state index contributed by atoms with van der Waals surface area (Å²) in [6, 6.07) is 25.3. The predicted molar refractivity (Wildman–Crippen MR) is 233 cm³/mol. The molecule has 1 aromatic heterocycles. The smallest absolute Gasteiger partial charge is 0.330 e. The van der Waals surface area contributed by atoms with Crippen LogP contribution in [0.3, 0.4) is 0 Å². The first-order valence-electron chi connectivity index (χ1n) is 20.0. The molecule has 1 heterocycles. The lowest BCUT2D eigenvalue weighted by Crippen LogP contribution is -2.02. The maximum absolute atomic E-state index is 11.1. The van der Waals surface area contributed by atoms with Crippen molar-refractivity contribution >= 4 is 43.4 Å². The van der Waals surface area contributed by atoms with Crippen molar-refractivity contribution < 1.29 is 28.5 Å². The summed E-state index contributed by atoms with van der Waals surface area (Å²) in [6.45, 7) is 13.3. The van der Waals surface area contributed by atoms with E-state index in [2.05, 4.69) is 111 Å². The molecule has 0 aliphatic heterocycles. The fraction of sp³-hybridized carbons (Fsp3) is 0.320. The van der Waals surface area contributed by atoms with Crippen LogP contribution in [0.15, 0.2) is 98.1 Å². The monoisotopic (exact) mass is 780 g/mol. The minimum atomic E-state index is -0.367. The van der Waals surface area contributed by atoms with Gasteiger partial charge in [0.1, 0.15) is 11.5 Å². The summed E-state index contributed by atoms with van der Waals surface area (Å²) in [5, 5.41) is 2.45. The molecular formula is C50H52O6S. The van der Waals surface area contributed by atoms with Gasteiger partial charge in [0.15, 0.2) is 0 Å². The van der Waals surface area contributed by atoms with E-state index >= 15 is 0 Å². The minimum absolute atomic E-state index is 0.367. The summed E-state index contributed by atoms with van der Waals surface area (Å²) < 4.78 is 24.5. The topological polar surface area (TPSA) is 71.1 Å². The van der Waals surface area contributed by atoms with Crippen LogP contribution in [-0.2, 0) is 31.9 Å². The Labute approximate surface area is 341 Å². The fourth-order valence-electron chi connectivity index (χ4n) is 6.32. The Hall–Kier alpha value is -5.76. The normalized spacial score (nSPS) is 10.6. The molecule has 0 spiro atoms. The molecule has 0 fully saturated rings. The van der Waals surface area contributed by atoms with Crippen molar-refractivity contribution in [3.63, 3.8) is 0 Å². The number of rotatable bonds is 20. The molecule has 0 bridgehead atoms. The summed E-state index contributed by atoms with van der Waals surface area (Å²) in [5.41, 5.74) is 6.34. The molecule has 5 aromatic rings. The first kappa shape index (κ1) is 42.4. The predicted octanol–water partition coefficient (Wildman–Crippen LogP) is 11.3. The molecule has 0 aliphatic carbocycles. The highest BCUT2D eigenvalue weighted by atomic mass is 32.1. The van der Waals surface area contributed by atoms with Crippen LogP contribution in [0.25, 0.3) is 20.2 Å². The standard InChI is InChI=1S/C50H52O6S/c1-5-39-35-43(53-29-13-9-11-15-31-55-49(51)7-3)25-23-41(39)21-17-37-19-27-45-46-28-20-38(34-48(46)57-47(45)33-37)18-22-42-24-26-44(36-40(42)6-2)54-30-14-10-12-16-32-56-50(52)8-4/h7-8,19-20,23-28,33-36H,3-6,9-16,29-32H2,1-2H3. The average molecular weight is 781 g/mol. The van der Waals surface area contributed by atoms with Crippen LogP contribution < -0.4 is 9.47 Å². The number of carbonyl (C=O) groups is 2. The Kier molecular flexibility index (Phi) is 16.9. The number of benzene rings is 4. The van der Waals surface area contributed by atoms with Gasteiger partial charge in [0.2, 0.25) is 0 Å². The zero-order chi connectivity index (χ0) is 40.2. The molecule has 7 heteroatoms. The number of fused-ring (bicyclic) bond motifs is 3. The molecule has 0 N–H and O–H groups in total. The molecule has 57 heavy (non-hydrogen) atoms. The largest absolute Gasteiger partial charge is 0.494 e. The van der Waals surface area contributed by atoms with Gasteiger partial charge in [-0.05, 0) is 136 Å². The SMILES string of the molecule is C=CC(=O)OCCCCCCOc1ccc(C#Cc2ccc3c(c2)sc2cc(C#Cc4ccc(OCCCCCCOC(=O)C=C)cc4CC)ccc23)c(CC)c1. The van der Waals surface area contributed by atoms with E-state index in [-0.39, 0.29) is 11.9 Å². The number of unbranched alkanes of at least 4 members (excludes halogenated alkanes) is 6. The highest BCUT2D eigenvalue weighted by Crippen LogP contribution is 2.35. The summed E-state index contributed by atoms with van der Waals surface area (Å²) in [6.07, 6.45) is 11.7. The molecule has 0 unspecified atom stereocenters.